The Morgan fingerprint density at radius 1 is 1.04 bits per heavy atom. The number of hydrogen-bond acceptors (Lipinski definition) is 4. The number of benzene rings is 2. The third-order valence-corrected chi connectivity index (χ3v) is 3.61. The molecule has 2 aromatic carbocycles. The molecule has 1 aliphatic heterocycles. The van der Waals surface area contributed by atoms with Crippen LogP contribution in [-0.2, 0) is 16.1 Å². The standard InChI is InChI=1S/C17H17N3O3/c21-16-15(14(19-20-16)13-9-5-2-6-10-13)18-17(22)23-11-12-7-3-1-4-8-12/h1-10,14-15,19H,11H2,(H,18,22)(H,20,21)/t14-,15-/m1/s1. The van der Waals surface area contributed by atoms with E-state index >= 15 is 0 Å². The maximum Gasteiger partial charge on any atom is 0.408 e. The highest BCUT2D eigenvalue weighted by atomic mass is 16.5. The van der Waals surface area contributed by atoms with E-state index in [0.29, 0.717) is 0 Å². The van der Waals surface area contributed by atoms with E-state index in [0.717, 1.165) is 11.1 Å². The lowest BCUT2D eigenvalue weighted by atomic mass is 10.0. The minimum absolute atomic E-state index is 0.157. The van der Waals surface area contributed by atoms with Crippen LogP contribution in [0.1, 0.15) is 17.2 Å². The summed E-state index contributed by atoms with van der Waals surface area (Å²) in [4.78, 5) is 23.9. The van der Waals surface area contributed by atoms with E-state index in [2.05, 4.69) is 16.2 Å². The molecule has 6 nitrogen and oxygen atoms in total. The molecular weight excluding hydrogens is 294 g/mol. The number of hydrazine groups is 1. The molecule has 1 fully saturated rings. The fourth-order valence-corrected chi connectivity index (χ4v) is 2.44. The summed E-state index contributed by atoms with van der Waals surface area (Å²) in [6.07, 6.45) is -0.626. The van der Waals surface area contributed by atoms with Gasteiger partial charge >= 0.3 is 6.09 Å². The summed E-state index contributed by atoms with van der Waals surface area (Å²) >= 11 is 0. The zero-order chi connectivity index (χ0) is 16.1. The van der Waals surface area contributed by atoms with Gasteiger partial charge in [-0.1, -0.05) is 60.7 Å². The topological polar surface area (TPSA) is 79.5 Å². The van der Waals surface area contributed by atoms with Crippen molar-refractivity contribution in [3.05, 3.63) is 71.8 Å². The molecule has 2 amide bonds. The molecule has 0 aromatic heterocycles. The van der Waals surface area contributed by atoms with Crippen LogP contribution in [0.5, 0.6) is 0 Å². The molecule has 1 aliphatic rings. The van der Waals surface area contributed by atoms with Gasteiger partial charge in [-0.05, 0) is 11.1 Å². The second kappa shape index (κ2) is 6.93. The Balaban J connectivity index is 1.61. The summed E-state index contributed by atoms with van der Waals surface area (Å²) in [5, 5.41) is 2.61. The zero-order valence-corrected chi connectivity index (χ0v) is 12.4. The van der Waals surface area contributed by atoms with Crippen molar-refractivity contribution in [1.82, 2.24) is 16.2 Å². The number of carbonyl (C=O) groups is 2. The van der Waals surface area contributed by atoms with Crippen LogP contribution in [0, 0.1) is 0 Å². The molecule has 0 saturated carbocycles. The van der Waals surface area contributed by atoms with Gasteiger partial charge in [-0.3, -0.25) is 10.2 Å². The van der Waals surface area contributed by atoms with Gasteiger partial charge in [-0.25, -0.2) is 10.2 Å². The first kappa shape index (κ1) is 15.1. The first-order chi connectivity index (χ1) is 11.2. The smallest absolute Gasteiger partial charge is 0.408 e. The molecular formula is C17H17N3O3. The molecule has 2 aromatic rings. The van der Waals surface area contributed by atoms with E-state index in [-0.39, 0.29) is 18.6 Å². The van der Waals surface area contributed by atoms with Crippen LogP contribution in [0.2, 0.25) is 0 Å². The SMILES string of the molecule is O=C(N[C@H]1C(=O)NN[C@@H]1c1ccccc1)OCc1ccccc1. The van der Waals surface area contributed by atoms with Crippen LogP contribution < -0.4 is 16.2 Å². The summed E-state index contributed by atoms with van der Waals surface area (Å²) in [5.74, 6) is -0.296. The van der Waals surface area contributed by atoms with E-state index in [4.69, 9.17) is 4.74 Å². The number of rotatable bonds is 4. The molecule has 1 heterocycles. The minimum atomic E-state index is -0.722. The van der Waals surface area contributed by atoms with Gasteiger partial charge in [-0.15, -0.1) is 0 Å². The monoisotopic (exact) mass is 311 g/mol. The van der Waals surface area contributed by atoms with Crippen LogP contribution in [0.3, 0.4) is 0 Å². The van der Waals surface area contributed by atoms with Gasteiger partial charge in [0.05, 0.1) is 6.04 Å². The number of nitrogens with one attached hydrogen (secondary N) is 3. The van der Waals surface area contributed by atoms with E-state index in [9.17, 15) is 9.59 Å². The van der Waals surface area contributed by atoms with E-state index in [1.54, 1.807) is 0 Å². The van der Waals surface area contributed by atoms with Gasteiger partial charge in [0.1, 0.15) is 12.6 Å². The lowest BCUT2D eigenvalue weighted by Crippen LogP contribution is -2.43. The second-order valence-electron chi connectivity index (χ2n) is 5.21. The minimum Gasteiger partial charge on any atom is -0.445 e. The van der Waals surface area contributed by atoms with Crippen LogP contribution in [0.4, 0.5) is 4.79 Å². The second-order valence-corrected chi connectivity index (χ2v) is 5.21. The molecule has 6 heteroatoms. The van der Waals surface area contributed by atoms with Gasteiger partial charge in [-0.2, -0.15) is 0 Å². The normalized spacial score (nSPS) is 19.9. The lowest BCUT2D eigenvalue weighted by molar-refractivity contribution is -0.121. The molecule has 0 unspecified atom stereocenters. The van der Waals surface area contributed by atoms with Gasteiger partial charge in [0.25, 0.3) is 5.91 Å². The largest absolute Gasteiger partial charge is 0.445 e. The number of amides is 2. The number of alkyl carbamates (subject to hydrolysis) is 1. The maximum absolute atomic E-state index is 12.0. The molecule has 0 aliphatic carbocycles. The zero-order valence-electron chi connectivity index (χ0n) is 12.4. The number of hydrogen-bond donors (Lipinski definition) is 3. The van der Waals surface area contributed by atoms with E-state index in [1.165, 1.54) is 0 Å². The highest BCUT2D eigenvalue weighted by molar-refractivity contribution is 5.88. The third kappa shape index (κ3) is 3.67. The van der Waals surface area contributed by atoms with Crippen LogP contribution in [0.25, 0.3) is 0 Å². The molecule has 0 bridgehead atoms. The third-order valence-electron chi connectivity index (χ3n) is 3.61. The summed E-state index contributed by atoms with van der Waals surface area (Å²) < 4.78 is 5.16. The van der Waals surface area contributed by atoms with Gasteiger partial charge in [0.15, 0.2) is 0 Å². The van der Waals surface area contributed by atoms with E-state index < -0.39 is 12.1 Å². The molecule has 0 radical (unpaired) electrons. The van der Waals surface area contributed by atoms with Crippen molar-refractivity contribution in [2.75, 3.05) is 0 Å². The molecule has 3 N–H and O–H groups in total. The van der Waals surface area contributed by atoms with Crippen molar-refractivity contribution in [2.45, 2.75) is 18.7 Å². The van der Waals surface area contributed by atoms with Crippen molar-refractivity contribution in [2.24, 2.45) is 0 Å². The van der Waals surface area contributed by atoms with E-state index in [1.807, 2.05) is 60.7 Å². The highest BCUT2D eigenvalue weighted by Crippen LogP contribution is 2.20. The Morgan fingerprint density at radius 2 is 1.70 bits per heavy atom. The number of ether oxygens (including phenoxy) is 1. The van der Waals surface area contributed by atoms with Crippen LogP contribution >= 0.6 is 0 Å². The van der Waals surface area contributed by atoms with Crippen molar-refractivity contribution in [3.63, 3.8) is 0 Å². The number of carbonyl (C=O) groups excluding carboxylic acids is 2. The molecule has 23 heavy (non-hydrogen) atoms. The van der Waals surface area contributed by atoms with Crippen molar-refractivity contribution in [1.29, 1.82) is 0 Å². The average Bonchev–Trinajstić information content (AvgIpc) is 2.95. The highest BCUT2D eigenvalue weighted by Gasteiger charge is 2.37. The molecule has 118 valence electrons. The lowest BCUT2D eigenvalue weighted by Gasteiger charge is -2.18. The Kier molecular flexibility index (Phi) is 4.54. The Morgan fingerprint density at radius 3 is 2.39 bits per heavy atom. The molecule has 1 saturated heterocycles. The fourth-order valence-electron chi connectivity index (χ4n) is 2.44. The predicted molar refractivity (Wildman–Crippen MR) is 84.0 cm³/mol. The summed E-state index contributed by atoms with van der Waals surface area (Å²) in [6, 6.07) is 17.7. The van der Waals surface area contributed by atoms with Crippen molar-refractivity contribution >= 4 is 12.0 Å². The maximum atomic E-state index is 12.0. The average molecular weight is 311 g/mol. The van der Waals surface area contributed by atoms with Gasteiger partial charge < -0.3 is 10.1 Å². The first-order valence-corrected chi connectivity index (χ1v) is 7.31. The fraction of sp³-hybridized carbons (Fsp3) is 0.176. The van der Waals surface area contributed by atoms with Gasteiger partial charge in [0, 0.05) is 0 Å². The molecule has 3 rings (SSSR count). The van der Waals surface area contributed by atoms with Crippen molar-refractivity contribution < 1.29 is 14.3 Å². The first-order valence-electron chi connectivity index (χ1n) is 7.31. The summed E-state index contributed by atoms with van der Waals surface area (Å²) in [7, 11) is 0. The Bertz CT molecular complexity index is 676. The summed E-state index contributed by atoms with van der Waals surface area (Å²) in [6.45, 7) is 0.157. The van der Waals surface area contributed by atoms with Crippen molar-refractivity contribution in [3.8, 4) is 0 Å². The summed E-state index contributed by atoms with van der Waals surface area (Å²) in [5.41, 5.74) is 7.21. The van der Waals surface area contributed by atoms with Crippen LogP contribution in [-0.4, -0.2) is 18.0 Å². The predicted octanol–water partition coefficient (Wildman–Crippen LogP) is 1.66. The Labute approximate surface area is 133 Å². The molecule has 0 spiro atoms. The van der Waals surface area contributed by atoms with Crippen LogP contribution in [0.15, 0.2) is 60.7 Å². The Hall–Kier alpha value is -2.86. The van der Waals surface area contributed by atoms with Gasteiger partial charge in [0.2, 0.25) is 0 Å². The quantitative estimate of drug-likeness (QED) is 0.802. The molecule has 2 atom stereocenters.